The number of anilines is 1. The molecule has 1 N–H and O–H groups in total. The maximum absolute atomic E-state index is 6.03. The molecule has 5 heteroatoms. The third kappa shape index (κ3) is 5.57. The van der Waals surface area contributed by atoms with Gasteiger partial charge in [-0.05, 0) is 74.0 Å². The number of piperidine rings is 1. The molecule has 0 bridgehead atoms. The summed E-state index contributed by atoms with van der Waals surface area (Å²) in [4.78, 5) is 2.61. The standard InChI is InChI=1S/C32H36N4O/c1-3-10-25(11-4-1)22-35-21-9-14-27(23-35)31-30-15-7-8-20-33-32(30)36(34-31)28-16-18-29(19-17-28)37-24-26-12-5-2-6-13-26/h1-6,10-13,16-19,27,33H,7-9,14-15,20-24H2. The lowest BCUT2D eigenvalue weighted by Crippen LogP contribution is -2.34. The molecule has 6 rings (SSSR count). The highest BCUT2D eigenvalue weighted by Crippen LogP contribution is 2.36. The van der Waals surface area contributed by atoms with Gasteiger partial charge in [0.25, 0.3) is 0 Å². The average Bonchev–Trinajstić information content (AvgIpc) is 3.14. The van der Waals surface area contributed by atoms with Crippen molar-refractivity contribution in [2.45, 2.75) is 51.2 Å². The Bertz CT molecular complexity index is 1280. The van der Waals surface area contributed by atoms with Crippen molar-refractivity contribution in [2.75, 3.05) is 25.0 Å². The van der Waals surface area contributed by atoms with Gasteiger partial charge >= 0.3 is 0 Å². The van der Waals surface area contributed by atoms with Crippen molar-refractivity contribution in [1.82, 2.24) is 14.7 Å². The summed E-state index contributed by atoms with van der Waals surface area (Å²) >= 11 is 0. The predicted octanol–water partition coefficient (Wildman–Crippen LogP) is 6.58. The van der Waals surface area contributed by atoms with Gasteiger partial charge in [-0.3, -0.25) is 4.90 Å². The zero-order valence-electron chi connectivity index (χ0n) is 21.5. The number of fused-ring (bicyclic) bond motifs is 1. The van der Waals surface area contributed by atoms with E-state index in [0.717, 1.165) is 44.0 Å². The molecule has 1 atom stereocenters. The number of nitrogens with one attached hydrogen (secondary N) is 1. The summed E-state index contributed by atoms with van der Waals surface area (Å²) in [6, 6.07) is 29.5. The molecule has 0 amide bonds. The summed E-state index contributed by atoms with van der Waals surface area (Å²) in [5, 5.41) is 9.00. The van der Waals surface area contributed by atoms with Gasteiger partial charge < -0.3 is 10.1 Å². The van der Waals surface area contributed by atoms with E-state index in [0.29, 0.717) is 12.5 Å². The van der Waals surface area contributed by atoms with Gasteiger partial charge in [0, 0.05) is 31.1 Å². The fraction of sp³-hybridized carbons (Fsp3) is 0.344. The number of aromatic nitrogens is 2. The molecule has 0 radical (unpaired) electrons. The molecular formula is C32H36N4O. The topological polar surface area (TPSA) is 42.3 Å². The maximum atomic E-state index is 6.03. The third-order valence-electron chi connectivity index (χ3n) is 7.63. The molecule has 2 aliphatic heterocycles. The molecule has 0 saturated carbocycles. The molecule has 4 aromatic rings. The number of hydrogen-bond acceptors (Lipinski definition) is 4. The van der Waals surface area contributed by atoms with Crippen LogP contribution in [0.1, 0.15) is 54.0 Å². The minimum absolute atomic E-state index is 0.473. The lowest BCUT2D eigenvalue weighted by atomic mass is 9.91. The molecular weight excluding hydrogens is 456 g/mol. The van der Waals surface area contributed by atoms with E-state index in [1.54, 1.807) is 0 Å². The second kappa shape index (κ2) is 11.2. The van der Waals surface area contributed by atoms with Crippen LogP contribution in [0.15, 0.2) is 84.9 Å². The van der Waals surface area contributed by atoms with Crippen LogP contribution in [0.2, 0.25) is 0 Å². The molecule has 0 aliphatic carbocycles. The number of ether oxygens (including phenoxy) is 1. The summed E-state index contributed by atoms with van der Waals surface area (Å²) in [6.45, 7) is 4.83. The number of rotatable bonds is 7. The Morgan fingerprint density at radius 1 is 0.838 bits per heavy atom. The number of hydrogen-bond donors (Lipinski definition) is 1. The first-order valence-electron chi connectivity index (χ1n) is 13.7. The van der Waals surface area contributed by atoms with E-state index >= 15 is 0 Å². The molecule has 190 valence electrons. The molecule has 3 aromatic carbocycles. The van der Waals surface area contributed by atoms with E-state index in [1.165, 1.54) is 53.9 Å². The van der Waals surface area contributed by atoms with Crippen LogP contribution in [-0.4, -0.2) is 34.3 Å². The molecule has 0 spiro atoms. The average molecular weight is 493 g/mol. The van der Waals surface area contributed by atoms with Gasteiger partial charge in [0.05, 0.1) is 11.4 Å². The van der Waals surface area contributed by atoms with Crippen LogP contribution in [0, 0.1) is 0 Å². The Morgan fingerprint density at radius 2 is 1.59 bits per heavy atom. The van der Waals surface area contributed by atoms with E-state index in [2.05, 4.69) is 81.6 Å². The van der Waals surface area contributed by atoms with E-state index in [1.807, 2.05) is 18.2 Å². The van der Waals surface area contributed by atoms with E-state index < -0.39 is 0 Å². The third-order valence-corrected chi connectivity index (χ3v) is 7.63. The van der Waals surface area contributed by atoms with Gasteiger partial charge in [-0.1, -0.05) is 60.7 Å². The van der Waals surface area contributed by atoms with Crippen molar-refractivity contribution < 1.29 is 4.74 Å². The van der Waals surface area contributed by atoms with Gasteiger partial charge in [0.1, 0.15) is 18.2 Å². The number of benzene rings is 3. The van der Waals surface area contributed by atoms with Crippen LogP contribution in [0.4, 0.5) is 5.82 Å². The number of nitrogens with zero attached hydrogens (tertiary/aromatic N) is 3. The first-order chi connectivity index (χ1) is 18.3. The smallest absolute Gasteiger partial charge is 0.133 e. The van der Waals surface area contributed by atoms with Gasteiger partial charge in [0.15, 0.2) is 0 Å². The highest BCUT2D eigenvalue weighted by Gasteiger charge is 2.29. The van der Waals surface area contributed by atoms with E-state index in [9.17, 15) is 0 Å². The molecule has 2 aliphatic rings. The normalized spacial score (nSPS) is 18.0. The van der Waals surface area contributed by atoms with Gasteiger partial charge in [-0.2, -0.15) is 5.10 Å². The summed E-state index contributed by atoms with van der Waals surface area (Å²) in [7, 11) is 0. The fourth-order valence-electron chi connectivity index (χ4n) is 5.73. The minimum atomic E-state index is 0.473. The Kier molecular flexibility index (Phi) is 7.22. The lowest BCUT2D eigenvalue weighted by Gasteiger charge is -2.32. The second-order valence-electron chi connectivity index (χ2n) is 10.3. The van der Waals surface area contributed by atoms with Gasteiger partial charge in [-0.25, -0.2) is 4.68 Å². The van der Waals surface area contributed by atoms with E-state index in [4.69, 9.17) is 9.84 Å². The van der Waals surface area contributed by atoms with E-state index in [-0.39, 0.29) is 0 Å². The van der Waals surface area contributed by atoms with Crippen molar-refractivity contribution in [3.63, 3.8) is 0 Å². The van der Waals surface area contributed by atoms with Crippen LogP contribution >= 0.6 is 0 Å². The van der Waals surface area contributed by atoms with Gasteiger partial charge in [-0.15, -0.1) is 0 Å². The van der Waals surface area contributed by atoms with Crippen LogP contribution < -0.4 is 10.1 Å². The van der Waals surface area contributed by atoms with Crippen molar-refractivity contribution in [3.05, 3.63) is 107 Å². The molecule has 1 unspecified atom stereocenters. The molecule has 37 heavy (non-hydrogen) atoms. The quantitative estimate of drug-likeness (QED) is 0.316. The van der Waals surface area contributed by atoms with Crippen LogP contribution in [-0.2, 0) is 19.6 Å². The zero-order valence-corrected chi connectivity index (χ0v) is 21.5. The van der Waals surface area contributed by atoms with Crippen molar-refractivity contribution in [1.29, 1.82) is 0 Å². The summed E-state index contributed by atoms with van der Waals surface area (Å²) in [5.41, 5.74) is 6.37. The first-order valence-corrected chi connectivity index (χ1v) is 13.7. The van der Waals surface area contributed by atoms with Gasteiger partial charge in [0.2, 0.25) is 0 Å². The summed E-state index contributed by atoms with van der Waals surface area (Å²) in [5.74, 6) is 2.54. The Labute approximate surface area is 220 Å². The van der Waals surface area contributed by atoms with Crippen molar-refractivity contribution in [3.8, 4) is 11.4 Å². The maximum Gasteiger partial charge on any atom is 0.133 e. The van der Waals surface area contributed by atoms with Crippen LogP contribution in [0.25, 0.3) is 5.69 Å². The Balaban J connectivity index is 1.22. The first kappa shape index (κ1) is 23.8. The molecule has 1 saturated heterocycles. The highest BCUT2D eigenvalue weighted by atomic mass is 16.5. The zero-order chi connectivity index (χ0) is 24.9. The van der Waals surface area contributed by atoms with Crippen LogP contribution in [0.3, 0.4) is 0 Å². The Hall–Kier alpha value is -3.57. The molecule has 5 nitrogen and oxygen atoms in total. The lowest BCUT2D eigenvalue weighted by molar-refractivity contribution is 0.198. The van der Waals surface area contributed by atoms with Crippen molar-refractivity contribution in [2.24, 2.45) is 0 Å². The van der Waals surface area contributed by atoms with Crippen LogP contribution in [0.5, 0.6) is 5.75 Å². The highest BCUT2D eigenvalue weighted by molar-refractivity contribution is 5.55. The molecule has 1 aromatic heterocycles. The molecule has 3 heterocycles. The summed E-state index contributed by atoms with van der Waals surface area (Å²) in [6.07, 6.45) is 5.95. The minimum Gasteiger partial charge on any atom is -0.489 e. The fourth-order valence-corrected chi connectivity index (χ4v) is 5.73. The SMILES string of the molecule is c1ccc(COc2ccc(-n3nc(C4CCCN(Cc5ccccc5)C4)c4c3NCCCC4)cc2)cc1. The largest absolute Gasteiger partial charge is 0.489 e. The number of likely N-dealkylation sites (tertiary alicyclic amines) is 1. The molecule has 1 fully saturated rings. The second-order valence-corrected chi connectivity index (χ2v) is 10.3. The van der Waals surface area contributed by atoms with Crippen molar-refractivity contribution >= 4 is 5.82 Å². The Morgan fingerprint density at radius 3 is 2.38 bits per heavy atom. The summed E-state index contributed by atoms with van der Waals surface area (Å²) < 4.78 is 8.17. The predicted molar refractivity (Wildman–Crippen MR) is 149 cm³/mol. The monoisotopic (exact) mass is 492 g/mol.